The molecule has 0 spiro atoms. The molecule has 0 N–H and O–H groups in total. The molecule has 0 aromatic heterocycles. The molecule has 1 aliphatic heterocycles. The summed E-state index contributed by atoms with van der Waals surface area (Å²) in [5, 5.41) is 1.90. The molecular formula is C8H15NO. The van der Waals surface area contributed by atoms with Gasteiger partial charge in [0.2, 0.25) is 0 Å². The summed E-state index contributed by atoms with van der Waals surface area (Å²) < 4.78 is 0. The minimum Gasteiger partial charge on any atom is -0.295 e. The fourth-order valence-corrected chi connectivity index (χ4v) is 1.34. The maximum Gasteiger partial charge on any atom is 0.0865 e. The molecular weight excluding hydrogens is 126 g/mol. The van der Waals surface area contributed by atoms with E-state index >= 15 is 0 Å². The maximum atomic E-state index is 5.48. The zero-order valence-electron chi connectivity index (χ0n) is 6.71. The molecule has 0 aliphatic carbocycles. The van der Waals surface area contributed by atoms with E-state index in [9.17, 15) is 0 Å². The first-order chi connectivity index (χ1) is 4.74. The lowest BCUT2D eigenvalue weighted by Crippen LogP contribution is -2.13. The molecule has 10 heavy (non-hydrogen) atoms. The molecule has 0 amide bonds. The second-order valence-electron chi connectivity index (χ2n) is 2.96. The second-order valence-corrected chi connectivity index (χ2v) is 2.96. The molecule has 0 aromatic carbocycles. The van der Waals surface area contributed by atoms with Crippen LogP contribution in [0.1, 0.15) is 13.3 Å². The number of hydrogen-bond acceptors (Lipinski definition) is 2. The fraction of sp³-hybridized carbons (Fsp3) is 0.750. The van der Waals surface area contributed by atoms with Crippen LogP contribution in [0.3, 0.4) is 0 Å². The van der Waals surface area contributed by atoms with Gasteiger partial charge in [-0.05, 0) is 12.3 Å². The first kappa shape index (κ1) is 7.76. The van der Waals surface area contributed by atoms with E-state index in [4.69, 9.17) is 4.84 Å². The zero-order valence-corrected chi connectivity index (χ0v) is 6.71. The van der Waals surface area contributed by atoms with Gasteiger partial charge in [-0.3, -0.25) is 4.84 Å². The van der Waals surface area contributed by atoms with Gasteiger partial charge in [0.1, 0.15) is 0 Å². The highest BCUT2D eigenvalue weighted by atomic mass is 16.7. The number of rotatable bonds is 2. The fourth-order valence-electron chi connectivity index (χ4n) is 1.34. The summed E-state index contributed by atoms with van der Waals surface area (Å²) in [4.78, 5) is 5.48. The van der Waals surface area contributed by atoms with Crippen LogP contribution >= 0.6 is 0 Å². The number of nitrogens with zero attached hydrogens (tertiary/aromatic N) is 1. The average Bonchev–Trinajstić information content (AvgIpc) is 2.13. The Labute approximate surface area is 62.4 Å². The van der Waals surface area contributed by atoms with Crippen molar-refractivity contribution in [2.24, 2.45) is 5.92 Å². The van der Waals surface area contributed by atoms with E-state index in [0.717, 1.165) is 13.0 Å². The zero-order chi connectivity index (χ0) is 7.56. The summed E-state index contributed by atoms with van der Waals surface area (Å²) in [7, 11) is 1.97. The normalized spacial score (nSPS) is 34.6. The second kappa shape index (κ2) is 3.17. The molecule has 0 saturated carbocycles. The minimum atomic E-state index is 0.363. The van der Waals surface area contributed by atoms with E-state index in [-0.39, 0.29) is 0 Å². The van der Waals surface area contributed by atoms with Gasteiger partial charge in [-0.1, -0.05) is 13.0 Å². The van der Waals surface area contributed by atoms with Crippen molar-refractivity contribution in [2.75, 3.05) is 13.6 Å². The third-order valence-electron chi connectivity index (χ3n) is 1.89. The van der Waals surface area contributed by atoms with E-state index < -0.39 is 0 Å². The smallest absolute Gasteiger partial charge is 0.0865 e. The van der Waals surface area contributed by atoms with Crippen LogP contribution in [-0.4, -0.2) is 24.8 Å². The molecule has 0 radical (unpaired) electrons. The van der Waals surface area contributed by atoms with E-state index in [1.807, 2.05) is 18.2 Å². The van der Waals surface area contributed by atoms with Gasteiger partial charge in [0.05, 0.1) is 6.10 Å². The van der Waals surface area contributed by atoms with Crippen molar-refractivity contribution in [2.45, 2.75) is 19.4 Å². The molecule has 0 unspecified atom stereocenters. The standard InChI is InChI=1S/C8H15NO/c1-4-5-8-7(2)6-9(3)10-8/h4,7-8H,1,5-6H2,2-3H3/t7-,8+/m0/s1. The molecule has 1 heterocycles. The van der Waals surface area contributed by atoms with Crippen molar-refractivity contribution in [3.8, 4) is 0 Å². The quantitative estimate of drug-likeness (QED) is 0.539. The Morgan fingerprint density at radius 2 is 2.50 bits per heavy atom. The van der Waals surface area contributed by atoms with Gasteiger partial charge >= 0.3 is 0 Å². The first-order valence-corrected chi connectivity index (χ1v) is 3.73. The van der Waals surface area contributed by atoms with Crippen LogP contribution in [0.5, 0.6) is 0 Å². The number of hydroxylamine groups is 2. The molecule has 0 bridgehead atoms. The number of hydrogen-bond donors (Lipinski definition) is 0. The largest absolute Gasteiger partial charge is 0.295 e. The SMILES string of the molecule is C=CC[C@H]1ON(C)C[C@@H]1C. The highest BCUT2D eigenvalue weighted by Gasteiger charge is 2.26. The van der Waals surface area contributed by atoms with E-state index in [2.05, 4.69) is 13.5 Å². The lowest BCUT2D eigenvalue weighted by molar-refractivity contribution is -0.126. The molecule has 2 heteroatoms. The van der Waals surface area contributed by atoms with Gasteiger partial charge in [0, 0.05) is 13.6 Å². The van der Waals surface area contributed by atoms with E-state index in [0.29, 0.717) is 12.0 Å². The van der Waals surface area contributed by atoms with Crippen LogP contribution in [0.25, 0.3) is 0 Å². The lowest BCUT2D eigenvalue weighted by Gasteiger charge is -2.10. The predicted octanol–water partition coefficient (Wildman–Crippen LogP) is 1.44. The van der Waals surface area contributed by atoms with Gasteiger partial charge < -0.3 is 0 Å². The molecule has 1 fully saturated rings. The highest BCUT2D eigenvalue weighted by Crippen LogP contribution is 2.20. The van der Waals surface area contributed by atoms with Crippen molar-refractivity contribution in [1.29, 1.82) is 0 Å². The Kier molecular flexibility index (Phi) is 2.46. The molecule has 1 saturated heterocycles. The van der Waals surface area contributed by atoms with Crippen molar-refractivity contribution in [3.63, 3.8) is 0 Å². The average molecular weight is 141 g/mol. The summed E-state index contributed by atoms with van der Waals surface area (Å²) in [5.41, 5.74) is 0. The predicted molar refractivity (Wildman–Crippen MR) is 41.5 cm³/mol. The monoisotopic (exact) mass is 141 g/mol. The van der Waals surface area contributed by atoms with Crippen LogP contribution in [0.2, 0.25) is 0 Å². The Morgan fingerprint density at radius 3 is 2.90 bits per heavy atom. The van der Waals surface area contributed by atoms with Gasteiger partial charge in [-0.25, -0.2) is 0 Å². The van der Waals surface area contributed by atoms with Crippen LogP contribution in [0, 0.1) is 5.92 Å². The van der Waals surface area contributed by atoms with Crippen LogP contribution in [-0.2, 0) is 4.84 Å². The van der Waals surface area contributed by atoms with Gasteiger partial charge in [-0.15, -0.1) is 6.58 Å². The molecule has 1 aliphatic rings. The van der Waals surface area contributed by atoms with Crippen LogP contribution < -0.4 is 0 Å². The molecule has 58 valence electrons. The van der Waals surface area contributed by atoms with Crippen LogP contribution in [0.4, 0.5) is 0 Å². The maximum absolute atomic E-state index is 5.48. The third-order valence-corrected chi connectivity index (χ3v) is 1.89. The topological polar surface area (TPSA) is 12.5 Å². The molecule has 1 rings (SSSR count). The third kappa shape index (κ3) is 1.58. The highest BCUT2D eigenvalue weighted by molar-refractivity contribution is 4.80. The van der Waals surface area contributed by atoms with Gasteiger partial charge in [0.25, 0.3) is 0 Å². The van der Waals surface area contributed by atoms with Gasteiger partial charge in [0.15, 0.2) is 0 Å². The van der Waals surface area contributed by atoms with Crippen molar-refractivity contribution in [1.82, 2.24) is 5.06 Å². The molecule has 2 nitrogen and oxygen atoms in total. The molecule has 0 aromatic rings. The van der Waals surface area contributed by atoms with Crippen molar-refractivity contribution < 1.29 is 4.84 Å². The van der Waals surface area contributed by atoms with E-state index in [1.54, 1.807) is 0 Å². The molecule has 2 atom stereocenters. The Morgan fingerprint density at radius 1 is 1.80 bits per heavy atom. The van der Waals surface area contributed by atoms with Crippen molar-refractivity contribution in [3.05, 3.63) is 12.7 Å². The van der Waals surface area contributed by atoms with Gasteiger partial charge in [-0.2, -0.15) is 5.06 Å². The lowest BCUT2D eigenvalue weighted by atomic mass is 10.0. The summed E-state index contributed by atoms with van der Waals surface area (Å²) in [6.45, 7) is 6.93. The summed E-state index contributed by atoms with van der Waals surface area (Å²) >= 11 is 0. The van der Waals surface area contributed by atoms with Crippen molar-refractivity contribution >= 4 is 0 Å². The minimum absolute atomic E-state index is 0.363. The Balaban J connectivity index is 2.38. The summed E-state index contributed by atoms with van der Waals surface area (Å²) in [6, 6.07) is 0. The van der Waals surface area contributed by atoms with E-state index in [1.165, 1.54) is 0 Å². The van der Waals surface area contributed by atoms with Crippen LogP contribution in [0.15, 0.2) is 12.7 Å². The summed E-state index contributed by atoms with van der Waals surface area (Å²) in [5.74, 6) is 0.642. The Bertz CT molecular complexity index is 124. The Hall–Kier alpha value is -0.340. The first-order valence-electron chi connectivity index (χ1n) is 3.73. The summed E-state index contributed by atoms with van der Waals surface area (Å²) in [6.07, 6.45) is 3.24.